The average molecular weight is 323 g/mol. The van der Waals surface area contributed by atoms with Crippen molar-refractivity contribution in [1.29, 1.82) is 0 Å². The molecule has 1 aromatic carbocycles. The molecule has 0 aliphatic rings. The van der Waals surface area contributed by atoms with E-state index in [1.807, 2.05) is 24.3 Å². The minimum Gasteiger partial charge on any atom is -0.547 e. The van der Waals surface area contributed by atoms with Gasteiger partial charge in [0.15, 0.2) is 11.5 Å². The van der Waals surface area contributed by atoms with Crippen LogP contribution in [-0.4, -0.2) is 29.0 Å². The first-order valence-electron chi connectivity index (χ1n) is 7.30. The summed E-state index contributed by atoms with van der Waals surface area (Å²) in [4.78, 5) is 16.9. The summed E-state index contributed by atoms with van der Waals surface area (Å²) in [5, 5.41) is 0. The SMILES string of the molecule is C[SiH](C)Oc1ccccc1/C(N)=C/c1ncc2nccnc2n1. The Hall–Kier alpha value is -2.80. The summed E-state index contributed by atoms with van der Waals surface area (Å²) in [5.41, 5.74) is 8.82. The van der Waals surface area contributed by atoms with Gasteiger partial charge < -0.3 is 10.2 Å². The summed E-state index contributed by atoms with van der Waals surface area (Å²) in [6.07, 6.45) is 6.57. The number of hydrogen-bond acceptors (Lipinski definition) is 6. The maximum atomic E-state index is 6.23. The van der Waals surface area contributed by atoms with Gasteiger partial charge >= 0.3 is 0 Å². The van der Waals surface area contributed by atoms with Gasteiger partial charge in [0.1, 0.15) is 11.3 Å². The number of rotatable bonds is 4. The molecule has 0 atom stereocenters. The van der Waals surface area contributed by atoms with Crippen LogP contribution in [0.2, 0.25) is 13.1 Å². The van der Waals surface area contributed by atoms with Crippen LogP contribution >= 0.6 is 0 Å². The first-order chi connectivity index (χ1) is 11.1. The van der Waals surface area contributed by atoms with Crippen molar-refractivity contribution < 1.29 is 4.43 Å². The summed E-state index contributed by atoms with van der Waals surface area (Å²) in [6.45, 7) is 4.23. The van der Waals surface area contributed by atoms with Gasteiger partial charge in [-0.15, -0.1) is 0 Å². The largest absolute Gasteiger partial charge is 0.547 e. The van der Waals surface area contributed by atoms with Crippen LogP contribution in [0, 0.1) is 0 Å². The van der Waals surface area contributed by atoms with Crippen LogP contribution in [0.3, 0.4) is 0 Å². The van der Waals surface area contributed by atoms with Crippen molar-refractivity contribution in [3.05, 3.63) is 54.2 Å². The van der Waals surface area contributed by atoms with E-state index in [4.69, 9.17) is 10.2 Å². The van der Waals surface area contributed by atoms with Gasteiger partial charge in [0, 0.05) is 29.7 Å². The standard InChI is InChI=1S/C16H17N5OSi/c1-23(2)22-14-6-4-3-5-11(14)12(17)9-15-20-10-13-16(21-15)19-8-7-18-13/h3-10,23H,17H2,1-2H3/b12-9-. The van der Waals surface area contributed by atoms with Crippen LogP contribution in [0.25, 0.3) is 22.9 Å². The number of para-hydroxylation sites is 1. The topological polar surface area (TPSA) is 86.8 Å². The van der Waals surface area contributed by atoms with Crippen molar-refractivity contribution >= 4 is 32.0 Å². The summed E-state index contributed by atoms with van der Waals surface area (Å²) < 4.78 is 5.93. The van der Waals surface area contributed by atoms with Gasteiger partial charge in [-0.3, -0.25) is 0 Å². The summed E-state index contributed by atoms with van der Waals surface area (Å²) in [6, 6.07) is 7.72. The van der Waals surface area contributed by atoms with Crippen molar-refractivity contribution in [2.24, 2.45) is 5.73 Å². The predicted octanol–water partition coefficient (Wildman–Crippen LogP) is 2.24. The first-order valence-corrected chi connectivity index (χ1v) is 10.1. The molecule has 7 heteroatoms. The Bertz CT molecular complexity index is 866. The Morgan fingerprint density at radius 1 is 1.13 bits per heavy atom. The number of nitrogens with two attached hydrogens (primary N) is 1. The Balaban J connectivity index is 1.98. The number of benzene rings is 1. The van der Waals surface area contributed by atoms with Crippen molar-refractivity contribution in [3.63, 3.8) is 0 Å². The quantitative estimate of drug-likeness (QED) is 0.741. The second-order valence-corrected chi connectivity index (χ2v) is 7.59. The predicted molar refractivity (Wildman–Crippen MR) is 93.1 cm³/mol. The first kappa shape index (κ1) is 15.1. The Kier molecular flexibility index (Phi) is 4.29. The monoisotopic (exact) mass is 323 g/mol. The van der Waals surface area contributed by atoms with Crippen LogP contribution in [0.5, 0.6) is 5.75 Å². The zero-order valence-electron chi connectivity index (χ0n) is 13.0. The Labute approximate surface area is 135 Å². The third kappa shape index (κ3) is 3.51. The Morgan fingerprint density at radius 2 is 1.91 bits per heavy atom. The highest BCUT2D eigenvalue weighted by Gasteiger charge is 2.09. The lowest BCUT2D eigenvalue weighted by atomic mass is 10.1. The van der Waals surface area contributed by atoms with Gasteiger partial charge in [0.05, 0.1) is 6.20 Å². The zero-order valence-corrected chi connectivity index (χ0v) is 14.1. The molecule has 0 radical (unpaired) electrons. The van der Waals surface area contributed by atoms with E-state index in [1.165, 1.54) is 0 Å². The molecule has 0 saturated carbocycles. The molecule has 3 rings (SSSR count). The van der Waals surface area contributed by atoms with E-state index in [0.29, 0.717) is 22.7 Å². The van der Waals surface area contributed by atoms with Gasteiger partial charge in [-0.25, -0.2) is 19.9 Å². The second-order valence-electron chi connectivity index (χ2n) is 5.26. The average Bonchev–Trinajstić information content (AvgIpc) is 2.54. The number of fused-ring (bicyclic) bond motifs is 1. The van der Waals surface area contributed by atoms with E-state index in [2.05, 4.69) is 33.0 Å². The maximum Gasteiger partial charge on any atom is 0.229 e. The molecule has 6 nitrogen and oxygen atoms in total. The van der Waals surface area contributed by atoms with Gasteiger partial charge in [0.2, 0.25) is 9.04 Å². The molecule has 0 spiro atoms. The molecular formula is C16H17N5OSi. The van der Waals surface area contributed by atoms with Gasteiger partial charge in [-0.1, -0.05) is 12.1 Å². The lowest BCUT2D eigenvalue weighted by Gasteiger charge is -2.14. The van der Waals surface area contributed by atoms with Crippen LogP contribution in [0.1, 0.15) is 11.4 Å². The molecule has 0 bridgehead atoms. The third-order valence-corrected chi connectivity index (χ3v) is 3.82. The van der Waals surface area contributed by atoms with Crippen molar-refractivity contribution in [1.82, 2.24) is 19.9 Å². The molecule has 2 heterocycles. The van der Waals surface area contributed by atoms with E-state index in [1.54, 1.807) is 24.7 Å². The molecule has 0 aliphatic carbocycles. The fourth-order valence-corrected chi connectivity index (χ4v) is 2.84. The summed E-state index contributed by atoms with van der Waals surface area (Å²) in [5.74, 6) is 1.29. The van der Waals surface area contributed by atoms with E-state index in [-0.39, 0.29) is 0 Å². The molecule has 2 aromatic heterocycles. The molecule has 0 aliphatic heterocycles. The zero-order chi connectivity index (χ0) is 16.2. The van der Waals surface area contributed by atoms with E-state index < -0.39 is 9.04 Å². The van der Waals surface area contributed by atoms with Crippen LogP contribution in [-0.2, 0) is 0 Å². The van der Waals surface area contributed by atoms with Crippen LogP contribution < -0.4 is 10.2 Å². The van der Waals surface area contributed by atoms with Crippen molar-refractivity contribution in [3.8, 4) is 5.75 Å². The Morgan fingerprint density at radius 3 is 2.74 bits per heavy atom. The second kappa shape index (κ2) is 6.53. The van der Waals surface area contributed by atoms with E-state index in [9.17, 15) is 0 Å². The molecule has 2 N–H and O–H groups in total. The highest BCUT2D eigenvalue weighted by atomic mass is 28.3. The molecule has 0 fully saturated rings. The van der Waals surface area contributed by atoms with E-state index in [0.717, 1.165) is 11.3 Å². The smallest absolute Gasteiger partial charge is 0.229 e. The molecule has 3 aromatic rings. The van der Waals surface area contributed by atoms with Crippen molar-refractivity contribution in [2.75, 3.05) is 0 Å². The highest BCUT2D eigenvalue weighted by Crippen LogP contribution is 2.24. The fourth-order valence-electron chi connectivity index (χ4n) is 2.13. The molecule has 0 unspecified atom stereocenters. The maximum absolute atomic E-state index is 6.23. The van der Waals surface area contributed by atoms with E-state index >= 15 is 0 Å². The fraction of sp³-hybridized carbons (Fsp3) is 0.125. The molecular weight excluding hydrogens is 306 g/mol. The minimum absolute atomic E-state index is 0.493. The van der Waals surface area contributed by atoms with Gasteiger partial charge in [-0.2, -0.15) is 0 Å². The minimum atomic E-state index is -1.22. The number of nitrogens with zero attached hydrogens (tertiary/aromatic N) is 4. The number of aromatic nitrogens is 4. The lowest BCUT2D eigenvalue weighted by Crippen LogP contribution is -2.13. The normalized spacial score (nSPS) is 11.9. The van der Waals surface area contributed by atoms with Crippen LogP contribution in [0.4, 0.5) is 0 Å². The number of hydrogen-bond donors (Lipinski definition) is 1. The highest BCUT2D eigenvalue weighted by molar-refractivity contribution is 6.49. The third-order valence-electron chi connectivity index (χ3n) is 3.09. The molecule has 0 amide bonds. The van der Waals surface area contributed by atoms with Crippen LogP contribution in [0.15, 0.2) is 42.9 Å². The lowest BCUT2D eigenvalue weighted by molar-refractivity contribution is 0.578. The molecule has 0 saturated heterocycles. The van der Waals surface area contributed by atoms with Crippen molar-refractivity contribution in [2.45, 2.75) is 13.1 Å². The molecule has 116 valence electrons. The molecule has 23 heavy (non-hydrogen) atoms. The van der Waals surface area contributed by atoms with Gasteiger partial charge in [-0.05, 0) is 25.2 Å². The summed E-state index contributed by atoms with van der Waals surface area (Å²) >= 11 is 0. The van der Waals surface area contributed by atoms with Gasteiger partial charge in [0.25, 0.3) is 0 Å². The summed E-state index contributed by atoms with van der Waals surface area (Å²) in [7, 11) is -1.22.